The van der Waals surface area contributed by atoms with E-state index in [1.54, 1.807) is 0 Å². The predicted molar refractivity (Wildman–Crippen MR) is 79.6 cm³/mol. The van der Waals surface area contributed by atoms with Gasteiger partial charge in [-0.1, -0.05) is 36.8 Å². The number of aromatic nitrogens is 2. The molecular formula is C16H21N3. The normalized spacial score (nSPS) is 10.5. The van der Waals surface area contributed by atoms with Crippen LogP contribution in [0.25, 0.3) is 0 Å². The third-order valence-corrected chi connectivity index (χ3v) is 2.99. The fourth-order valence-electron chi connectivity index (χ4n) is 2.09. The zero-order chi connectivity index (χ0) is 13.7. The van der Waals surface area contributed by atoms with Crippen LogP contribution in [0.1, 0.15) is 36.5 Å². The second kappa shape index (κ2) is 6.32. The Balaban J connectivity index is 2.26. The van der Waals surface area contributed by atoms with Gasteiger partial charge in [-0.05, 0) is 25.8 Å². The molecule has 100 valence electrons. The monoisotopic (exact) mass is 255 g/mol. The molecule has 1 aromatic carbocycles. The molecule has 0 saturated carbocycles. The minimum atomic E-state index is 0.786. The molecule has 2 aromatic rings. The van der Waals surface area contributed by atoms with Crippen molar-refractivity contribution in [3.63, 3.8) is 0 Å². The summed E-state index contributed by atoms with van der Waals surface area (Å²) in [5, 5.41) is 3.27. The second-order valence-electron chi connectivity index (χ2n) is 4.71. The van der Waals surface area contributed by atoms with Crippen molar-refractivity contribution < 1.29 is 0 Å². The second-order valence-corrected chi connectivity index (χ2v) is 4.71. The summed E-state index contributed by atoms with van der Waals surface area (Å²) < 4.78 is 0. The van der Waals surface area contributed by atoms with Gasteiger partial charge in [0.15, 0.2) is 0 Å². The molecule has 0 unspecified atom stereocenters. The highest BCUT2D eigenvalue weighted by molar-refractivity contribution is 5.37. The predicted octanol–water partition coefficient (Wildman–Crippen LogP) is 3.37. The van der Waals surface area contributed by atoms with Gasteiger partial charge in [0.05, 0.1) is 0 Å². The molecule has 1 N–H and O–H groups in total. The number of aryl methyl sites for hydroxylation is 2. The molecule has 0 aliphatic rings. The maximum absolute atomic E-state index is 4.61. The van der Waals surface area contributed by atoms with Crippen LogP contribution < -0.4 is 5.32 Å². The van der Waals surface area contributed by atoms with E-state index in [1.807, 2.05) is 6.07 Å². The molecule has 0 aliphatic carbocycles. The van der Waals surface area contributed by atoms with Crippen molar-refractivity contribution in [1.29, 1.82) is 0 Å². The molecule has 1 heterocycles. The Morgan fingerprint density at radius 2 is 1.95 bits per heavy atom. The first kappa shape index (κ1) is 13.5. The van der Waals surface area contributed by atoms with E-state index in [9.17, 15) is 0 Å². The Kier molecular flexibility index (Phi) is 4.50. The van der Waals surface area contributed by atoms with Crippen molar-refractivity contribution in [3.8, 4) is 0 Å². The number of hydrogen-bond acceptors (Lipinski definition) is 3. The molecular weight excluding hydrogens is 234 g/mol. The Bertz CT molecular complexity index is 549. The summed E-state index contributed by atoms with van der Waals surface area (Å²) in [6.07, 6.45) is 1.72. The molecule has 0 radical (unpaired) electrons. The summed E-state index contributed by atoms with van der Waals surface area (Å²) in [6.45, 7) is 7.18. The Morgan fingerprint density at radius 3 is 2.63 bits per heavy atom. The van der Waals surface area contributed by atoms with E-state index in [0.29, 0.717) is 0 Å². The van der Waals surface area contributed by atoms with Gasteiger partial charge in [0.2, 0.25) is 0 Å². The Hall–Kier alpha value is -1.90. The minimum Gasteiger partial charge on any atom is -0.370 e. The summed E-state index contributed by atoms with van der Waals surface area (Å²) in [6, 6.07) is 10.5. The number of anilines is 1. The first-order valence-electron chi connectivity index (χ1n) is 6.87. The number of hydrogen-bond donors (Lipinski definition) is 1. The van der Waals surface area contributed by atoms with Crippen molar-refractivity contribution in [2.45, 2.75) is 33.6 Å². The van der Waals surface area contributed by atoms with E-state index in [0.717, 1.165) is 36.7 Å². The van der Waals surface area contributed by atoms with Crippen LogP contribution in [-0.2, 0) is 12.8 Å². The average Bonchev–Trinajstić information content (AvgIpc) is 2.39. The van der Waals surface area contributed by atoms with Gasteiger partial charge in [-0.2, -0.15) is 0 Å². The molecule has 3 nitrogen and oxygen atoms in total. The lowest BCUT2D eigenvalue weighted by atomic mass is 10.1. The highest BCUT2D eigenvalue weighted by atomic mass is 15.0. The summed E-state index contributed by atoms with van der Waals surface area (Å²) in [7, 11) is 0. The summed E-state index contributed by atoms with van der Waals surface area (Å²) in [5.74, 6) is 1.82. The standard InChI is InChI=1S/C16H21N3/c1-4-14-11-15(17-5-2)19-16(18-14)10-13-8-6-7-12(3)9-13/h6-9,11H,4-5,10H2,1-3H3,(H,17,18,19). The minimum absolute atomic E-state index is 0.786. The molecule has 0 aliphatic heterocycles. The SMILES string of the molecule is CCNc1cc(CC)nc(Cc2cccc(C)c2)n1. The molecule has 0 bridgehead atoms. The van der Waals surface area contributed by atoms with Crippen molar-refractivity contribution in [2.24, 2.45) is 0 Å². The number of nitrogens with one attached hydrogen (secondary N) is 1. The van der Waals surface area contributed by atoms with Crippen LogP contribution in [0.15, 0.2) is 30.3 Å². The van der Waals surface area contributed by atoms with Crippen LogP contribution in [-0.4, -0.2) is 16.5 Å². The van der Waals surface area contributed by atoms with Crippen molar-refractivity contribution in [2.75, 3.05) is 11.9 Å². The van der Waals surface area contributed by atoms with E-state index in [-0.39, 0.29) is 0 Å². The number of nitrogens with zero attached hydrogens (tertiary/aromatic N) is 2. The molecule has 0 spiro atoms. The van der Waals surface area contributed by atoms with Gasteiger partial charge in [0, 0.05) is 24.7 Å². The first-order chi connectivity index (χ1) is 9.21. The first-order valence-corrected chi connectivity index (χ1v) is 6.87. The maximum atomic E-state index is 4.61. The maximum Gasteiger partial charge on any atom is 0.135 e. The van der Waals surface area contributed by atoms with Gasteiger partial charge in [-0.25, -0.2) is 9.97 Å². The van der Waals surface area contributed by atoms with Gasteiger partial charge in [0.1, 0.15) is 11.6 Å². The van der Waals surface area contributed by atoms with Crippen LogP contribution in [0, 0.1) is 6.92 Å². The van der Waals surface area contributed by atoms with Crippen molar-refractivity contribution in [3.05, 3.63) is 53.0 Å². The largest absolute Gasteiger partial charge is 0.370 e. The van der Waals surface area contributed by atoms with E-state index in [1.165, 1.54) is 11.1 Å². The molecule has 0 saturated heterocycles. The van der Waals surface area contributed by atoms with E-state index in [4.69, 9.17) is 0 Å². The van der Waals surface area contributed by atoms with Crippen molar-refractivity contribution in [1.82, 2.24) is 9.97 Å². The molecule has 1 aromatic heterocycles. The van der Waals surface area contributed by atoms with Crippen LogP contribution in [0.3, 0.4) is 0 Å². The molecule has 0 atom stereocenters. The Labute approximate surface area is 115 Å². The lowest BCUT2D eigenvalue weighted by Crippen LogP contribution is -2.06. The molecule has 3 heteroatoms. The van der Waals surface area contributed by atoms with Crippen LogP contribution in [0.5, 0.6) is 0 Å². The van der Waals surface area contributed by atoms with Crippen LogP contribution in [0.2, 0.25) is 0 Å². The molecule has 19 heavy (non-hydrogen) atoms. The highest BCUT2D eigenvalue weighted by Gasteiger charge is 2.04. The van der Waals surface area contributed by atoms with Crippen LogP contribution in [0.4, 0.5) is 5.82 Å². The number of benzene rings is 1. The molecule has 0 fully saturated rings. The Morgan fingerprint density at radius 1 is 1.11 bits per heavy atom. The third-order valence-electron chi connectivity index (χ3n) is 2.99. The molecule has 0 amide bonds. The number of rotatable bonds is 5. The molecule has 2 rings (SSSR count). The van der Waals surface area contributed by atoms with Gasteiger partial charge < -0.3 is 5.32 Å². The smallest absolute Gasteiger partial charge is 0.135 e. The van der Waals surface area contributed by atoms with E-state index in [2.05, 4.69) is 60.3 Å². The fraction of sp³-hybridized carbons (Fsp3) is 0.375. The zero-order valence-electron chi connectivity index (χ0n) is 11.9. The van der Waals surface area contributed by atoms with E-state index >= 15 is 0 Å². The fourth-order valence-corrected chi connectivity index (χ4v) is 2.09. The van der Waals surface area contributed by atoms with Gasteiger partial charge in [-0.15, -0.1) is 0 Å². The lowest BCUT2D eigenvalue weighted by molar-refractivity contribution is 0.903. The quantitative estimate of drug-likeness (QED) is 0.890. The van der Waals surface area contributed by atoms with Gasteiger partial charge >= 0.3 is 0 Å². The zero-order valence-corrected chi connectivity index (χ0v) is 11.9. The van der Waals surface area contributed by atoms with Gasteiger partial charge in [-0.3, -0.25) is 0 Å². The highest BCUT2D eigenvalue weighted by Crippen LogP contribution is 2.12. The third kappa shape index (κ3) is 3.78. The summed E-state index contributed by atoms with van der Waals surface area (Å²) in [4.78, 5) is 9.18. The van der Waals surface area contributed by atoms with Crippen LogP contribution >= 0.6 is 0 Å². The van der Waals surface area contributed by atoms with Crippen molar-refractivity contribution >= 4 is 5.82 Å². The lowest BCUT2D eigenvalue weighted by Gasteiger charge is -2.08. The summed E-state index contributed by atoms with van der Waals surface area (Å²) >= 11 is 0. The van der Waals surface area contributed by atoms with Gasteiger partial charge in [0.25, 0.3) is 0 Å². The van der Waals surface area contributed by atoms with E-state index < -0.39 is 0 Å². The summed E-state index contributed by atoms with van der Waals surface area (Å²) in [5.41, 5.74) is 3.63. The average molecular weight is 255 g/mol. The topological polar surface area (TPSA) is 37.8 Å².